The van der Waals surface area contributed by atoms with E-state index in [0.29, 0.717) is 13.2 Å². The van der Waals surface area contributed by atoms with E-state index in [1.165, 1.54) is 5.41 Å². The summed E-state index contributed by atoms with van der Waals surface area (Å²) in [4.78, 5) is 0. The van der Waals surface area contributed by atoms with E-state index >= 15 is 0 Å². The zero-order valence-corrected chi connectivity index (χ0v) is 8.49. The summed E-state index contributed by atoms with van der Waals surface area (Å²) in [5.41, 5.74) is 0. The van der Waals surface area contributed by atoms with Gasteiger partial charge in [-0.3, -0.25) is 0 Å². The van der Waals surface area contributed by atoms with Gasteiger partial charge in [-0.2, -0.15) is 0 Å². The fourth-order valence-corrected chi connectivity index (χ4v) is 3.06. The first-order valence-corrected chi connectivity index (χ1v) is 6.39. The van der Waals surface area contributed by atoms with Crippen molar-refractivity contribution in [2.75, 3.05) is 13.2 Å². The SMILES string of the molecule is C=CSP(=O)(OCC)OCC. The quantitative estimate of drug-likeness (QED) is 0.611. The molecule has 11 heavy (non-hydrogen) atoms. The second kappa shape index (κ2) is 5.84. The fourth-order valence-electron chi connectivity index (χ4n) is 0.506. The molecule has 0 fully saturated rings. The van der Waals surface area contributed by atoms with E-state index in [2.05, 4.69) is 6.58 Å². The van der Waals surface area contributed by atoms with Crippen molar-refractivity contribution < 1.29 is 13.6 Å². The van der Waals surface area contributed by atoms with Gasteiger partial charge in [-0.05, 0) is 30.6 Å². The smallest absolute Gasteiger partial charge is 0.301 e. The molecule has 0 saturated heterocycles. The molecule has 0 aliphatic carbocycles. The minimum Gasteiger partial charge on any atom is -0.301 e. The molecule has 0 radical (unpaired) electrons. The average molecular weight is 196 g/mol. The topological polar surface area (TPSA) is 35.5 Å². The van der Waals surface area contributed by atoms with Gasteiger partial charge in [0.25, 0.3) is 0 Å². The Balaban J connectivity index is 4.01. The highest BCUT2D eigenvalue weighted by molar-refractivity contribution is 8.56. The van der Waals surface area contributed by atoms with E-state index in [1.54, 1.807) is 13.8 Å². The highest BCUT2D eigenvalue weighted by Crippen LogP contribution is 2.60. The van der Waals surface area contributed by atoms with E-state index in [4.69, 9.17) is 9.05 Å². The summed E-state index contributed by atoms with van der Waals surface area (Å²) < 4.78 is 21.3. The minimum atomic E-state index is -2.92. The summed E-state index contributed by atoms with van der Waals surface area (Å²) in [6.07, 6.45) is 0. The summed E-state index contributed by atoms with van der Waals surface area (Å²) in [6.45, 7) is 4.84. The van der Waals surface area contributed by atoms with Crippen LogP contribution in [0.2, 0.25) is 0 Å². The van der Waals surface area contributed by atoms with Crippen molar-refractivity contribution >= 4 is 18.2 Å². The lowest BCUT2D eigenvalue weighted by Gasteiger charge is -2.12. The Bertz CT molecular complexity index is 150. The fraction of sp³-hybridized carbons (Fsp3) is 0.667. The molecular weight excluding hydrogens is 183 g/mol. The van der Waals surface area contributed by atoms with Crippen molar-refractivity contribution in [1.29, 1.82) is 0 Å². The normalized spacial score (nSPS) is 11.5. The molecule has 0 amide bonds. The average Bonchev–Trinajstić information content (AvgIpc) is 1.88. The van der Waals surface area contributed by atoms with Gasteiger partial charge in [-0.25, -0.2) is 4.57 Å². The zero-order chi connectivity index (χ0) is 8.74. The molecule has 0 aromatic rings. The first-order valence-electron chi connectivity index (χ1n) is 3.37. The first-order chi connectivity index (χ1) is 5.18. The van der Waals surface area contributed by atoms with E-state index in [9.17, 15) is 4.57 Å². The molecule has 0 aliphatic heterocycles. The Morgan fingerprint density at radius 2 is 1.91 bits per heavy atom. The van der Waals surface area contributed by atoms with Crippen molar-refractivity contribution in [3.05, 3.63) is 12.0 Å². The molecule has 0 rings (SSSR count). The summed E-state index contributed by atoms with van der Waals surface area (Å²) in [5.74, 6) is 0. The highest BCUT2D eigenvalue weighted by Gasteiger charge is 2.22. The Kier molecular flexibility index (Phi) is 5.96. The standard InChI is InChI=1S/C6H13O3PS/c1-4-8-10(7,9-5-2)11-6-3/h6H,3-5H2,1-2H3. The molecule has 0 spiro atoms. The molecule has 0 N–H and O–H groups in total. The van der Waals surface area contributed by atoms with Crippen LogP contribution in [0.3, 0.4) is 0 Å². The summed E-state index contributed by atoms with van der Waals surface area (Å²) in [5, 5.41) is 1.46. The lowest BCUT2D eigenvalue weighted by molar-refractivity contribution is 0.237. The van der Waals surface area contributed by atoms with E-state index in [1.807, 2.05) is 0 Å². The molecule has 0 aromatic heterocycles. The van der Waals surface area contributed by atoms with Gasteiger partial charge in [0.05, 0.1) is 13.2 Å². The molecular formula is C6H13O3PS. The summed E-state index contributed by atoms with van der Waals surface area (Å²) in [6, 6.07) is 0. The summed E-state index contributed by atoms with van der Waals surface area (Å²) in [7, 11) is 0. The maximum absolute atomic E-state index is 11.5. The van der Waals surface area contributed by atoms with Crippen LogP contribution in [0.15, 0.2) is 12.0 Å². The van der Waals surface area contributed by atoms with Crippen LogP contribution in [0.1, 0.15) is 13.8 Å². The molecule has 3 nitrogen and oxygen atoms in total. The Morgan fingerprint density at radius 3 is 2.18 bits per heavy atom. The van der Waals surface area contributed by atoms with Crippen LogP contribution in [-0.4, -0.2) is 13.2 Å². The Morgan fingerprint density at radius 1 is 1.45 bits per heavy atom. The molecule has 0 aromatic carbocycles. The largest absolute Gasteiger partial charge is 0.393 e. The van der Waals surface area contributed by atoms with Gasteiger partial charge in [-0.1, -0.05) is 6.58 Å². The van der Waals surface area contributed by atoms with Gasteiger partial charge in [0.2, 0.25) is 0 Å². The lowest BCUT2D eigenvalue weighted by atomic mass is 10.9. The molecule has 0 unspecified atom stereocenters. The Labute approximate surface area is 71.4 Å². The van der Waals surface area contributed by atoms with E-state index in [-0.39, 0.29) is 0 Å². The maximum Gasteiger partial charge on any atom is 0.393 e. The summed E-state index contributed by atoms with van der Waals surface area (Å²) >= 11 is 1.00. The predicted octanol–water partition coefficient (Wildman–Crippen LogP) is 3.04. The highest BCUT2D eigenvalue weighted by atomic mass is 32.7. The van der Waals surface area contributed by atoms with Crippen LogP contribution in [0.5, 0.6) is 0 Å². The number of rotatable bonds is 6. The minimum absolute atomic E-state index is 0.387. The van der Waals surface area contributed by atoms with E-state index < -0.39 is 6.80 Å². The molecule has 0 bridgehead atoms. The third-order valence-corrected chi connectivity index (χ3v) is 4.19. The van der Waals surface area contributed by atoms with Crippen molar-refractivity contribution in [3.63, 3.8) is 0 Å². The van der Waals surface area contributed by atoms with Crippen LogP contribution in [-0.2, 0) is 13.6 Å². The van der Waals surface area contributed by atoms with Gasteiger partial charge in [0.15, 0.2) is 0 Å². The van der Waals surface area contributed by atoms with Crippen molar-refractivity contribution in [2.45, 2.75) is 13.8 Å². The first kappa shape index (κ1) is 11.2. The van der Waals surface area contributed by atoms with Gasteiger partial charge >= 0.3 is 6.80 Å². The van der Waals surface area contributed by atoms with Crippen molar-refractivity contribution in [3.8, 4) is 0 Å². The predicted molar refractivity (Wildman–Crippen MR) is 48.6 cm³/mol. The third kappa shape index (κ3) is 4.64. The number of hydrogen-bond donors (Lipinski definition) is 0. The molecule has 66 valence electrons. The molecule has 0 saturated carbocycles. The monoisotopic (exact) mass is 196 g/mol. The van der Waals surface area contributed by atoms with Crippen LogP contribution >= 0.6 is 18.2 Å². The van der Waals surface area contributed by atoms with Gasteiger partial charge in [0.1, 0.15) is 0 Å². The van der Waals surface area contributed by atoms with Gasteiger partial charge < -0.3 is 9.05 Å². The second-order valence-electron chi connectivity index (χ2n) is 1.55. The second-order valence-corrected chi connectivity index (χ2v) is 5.48. The Hall–Kier alpha value is 0.240. The van der Waals surface area contributed by atoms with Crippen LogP contribution in [0.25, 0.3) is 0 Å². The zero-order valence-electron chi connectivity index (χ0n) is 6.78. The van der Waals surface area contributed by atoms with Crippen LogP contribution in [0, 0.1) is 0 Å². The molecule has 5 heteroatoms. The van der Waals surface area contributed by atoms with E-state index in [0.717, 1.165) is 11.4 Å². The van der Waals surface area contributed by atoms with Crippen molar-refractivity contribution in [1.82, 2.24) is 0 Å². The van der Waals surface area contributed by atoms with Gasteiger partial charge in [0, 0.05) is 0 Å². The third-order valence-electron chi connectivity index (χ3n) is 0.778. The molecule has 0 aliphatic rings. The molecule has 0 atom stereocenters. The molecule has 0 heterocycles. The lowest BCUT2D eigenvalue weighted by Crippen LogP contribution is -1.90. The van der Waals surface area contributed by atoms with Crippen LogP contribution in [0.4, 0.5) is 0 Å². The van der Waals surface area contributed by atoms with Crippen LogP contribution < -0.4 is 0 Å². The maximum atomic E-state index is 11.5. The van der Waals surface area contributed by atoms with Gasteiger partial charge in [-0.15, -0.1) is 0 Å². The van der Waals surface area contributed by atoms with Crippen molar-refractivity contribution in [2.24, 2.45) is 0 Å². The number of hydrogen-bond acceptors (Lipinski definition) is 4.